The lowest BCUT2D eigenvalue weighted by atomic mass is 10.3. The van der Waals surface area contributed by atoms with Crippen LogP contribution in [0.15, 0.2) is 28.9 Å². The zero-order valence-electron chi connectivity index (χ0n) is 10.9. The van der Waals surface area contributed by atoms with E-state index in [4.69, 9.17) is 23.2 Å². The van der Waals surface area contributed by atoms with Crippen LogP contribution < -0.4 is 5.32 Å². The van der Waals surface area contributed by atoms with Gasteiger partial charge in [-0.25, -0.2) is 0 Å². The molecular weight excluding hydrogens is 399 g/mol. The fraction of sp³-hybridized carbons (Fsp3) is 0.167. The monoisotopic (exact) mass is 406 g/mol. The van der Waals surface area contributed by atoms with Gasteiger partial charge in [0, 0.05) is 12.1 Å². The number of rotatable bonds is 5. The molecule has 0 aliphatic rings. The van der Waals surface area contributed by atoms with Crippen molar-refractivity contribution in [1.82, 2.24) is 9.78 Å². The molecule has 1 aromatic heterocycles. The van der Waals surface area contributed by atoms with Crippen LogP contribution in [0.4, 0.5) is 11.5 Å². The molecule has 1 aromatic carbocycles. The number of amides is 1. The summed E-state index contributed by atoms with van der Waals surface area (Å²) < 4.78 is 1.60. The Morgan fingerprint density at radius 2 is 2.14 bits per heavy atom. The van der Waals surface area contributed by atoms with Gasteiger partial charge in [-0.15, -0.1) is 0 Å². The van der Waals surface area contributed by atoms with Crippen molar-refractivity contribution in [2.24, 2.45) is 0 Å². The van der Waals surface area contributed by atoms with Crippen LogP contribution in [0.2, 0.25) is 10.0 Å². The topological polar surface area (TPSA) is 90.1 Å². The summed E-state index contributed by atoms with van der Waals surface area (Å²) in [6.45, 7) is 0.208. The summed E-state index contributed by atoms with van der Waals surface area (Å²) in [5.74, 6) is -0.558. The Morgan fingerprint density at radius 1 is 1.41 bits per heavy atom. The zero-order chi connectivity index (χ0) is 16.3. The minimum Gasteiger partial charge on any atom is -0.358 e. The number of halogens is 3. The molecule has 0 unspecified atom stereocenters. The summed E-state index contributed by atoms with van der Waals surface area (Å²) in [6.07, 6.45) is 1.55. The molecule has 0 atom stereocenters. The Hall–Kier alpha value is -1.64. The SMILES string of the molecule is O=C(CCn1cc(Br)c([N+](=O)[O-])n1)Nc1ccc(Cl)c(Cl)c1. The third-order valence-electron chi connectivity index (χ3n) is 2.64. The molecule has 0 radical (unpaired) electrons. The first-order valence-corrected chi connectivity index (χ1v) is 7.54. The van der Waals surface area contributed by atoms with Gasteiger partial charge in [0.15, 0.2) is 0 Å². The van der Waals surface area contributed by atoms with E-state index in [1.165, 1.54) is 16.9 Å². The molecule has 22 heavy (non-hydrogen) atoms. The number of hydrogen-bond acceptors (Lipinski definition) is 4. The first-order valence-electron chi connectivity index (χ1n) is 5.99. The summed E-state index contributed by atoms with van der Waals surface area (Å²) in [5, 5.41) is 17.8. The van der Waals surface area contributed by atoms with Crippen LogP contribution in [-0.4, -0.2) is 20.6 Å². The highest BCUT2D eigenvalue weighted by Gasteiger charge is 2.18. The van der Waals surface area contributed by atoms with E-state index in [1.54, 1.807) is 12.1 Å². The van der Waals surface area contributed by atoms with Gasteiger partial charge in [0.05, 0.1) is 27.9 Å². The quantitative estimate of drug-likeness (QED) is 0.601. The number of carbonyl (C=O) groups excluding carboxylic acids is 1. The number of benzene rings is 1. The number of aryl methyl sites for hydroxylation is 1. The Kier molecular flexibility index (Phi) is 5.38. The molecular formula is C12H9BrCl2N4O3. The summed E-state index contributed by atoms with van der Waals surface area (Å²) in [5.41, 5.74) is 0.520. The van der Waals surface area contributed by atoms with Crippen LogP contribution in [0.5, 0.6) is 0 Å². The van der Waals surface area contributed by atoms with Crippen molar-refractivity contribution in [3.8, 4) is 0 Å². The molecule has 2 aromatic rings. The molecule has 1 amide bonds. The fourth-order valence-electron chi connectivity index (χ4n) is 1.64. The van der Waals surface area contributed by atoms with Gasteiger partial charge >= 0.3 is 5.82 Å². The first-order chi connectivity index (χ1) is 10.4. The standard InChI is InChI=1S/C12H9BrCl2N4O3/c13-8-6-18(17-12(8)19(21)22)4-3-11(20)16-7-1-2-9(14)10(15)5-7/h1-2,5-6H,3-4H2,(H,16,20). The van der Waals surface area contributed by atoms with Crippen molar-refractivity contribution >= 4 is 56.5 Å². The second kappa shape index (κ2) is 7.08. The molecule has 0 saturated heterocycles. The largest absolute Gasteiger partial charge is 0.404 e. The van der Waals surface area contributed by atoms with E-state index in [2.05, 4.69) is 26.3 Å². The highest BCUT2D eigenvalue weighted by molar-refractivity contribution is 9.10. The molecule has 0 aliphatic heterocycles. The normalized spacial score (nSPS) is 10.5. The van der Waals surface area contributed by atoms with E-state index >= 15 is 0 Å². The molecule has 2 rings (SSSR count). The second-order valence-electron chi connectivity index (χ2n) is 4.25. The van der Waals surface area contributed by atoms with Crippen molar-refractivity contribution in [3.63, 3.8) is 0 Å². The molecule has 116 valence electrons. The summed E-state index contributed by atoms with van der Waals surface area (Å²) >= 11 is 14.7. The van der Waals surface area contributed by atoms with E-state index in [0.717, 1.165) is 0 Å². The third kappa shape index (κ3) is 4.19. The van der Waals surface area contributed by atoms with Crippen molar-refractivity contribution < 1.29 is 9.72 Å². The maximum atomic E-state index is 11.8. The summed E-state index contributed by atoms with van der Waals surface area (Å²) in [7, 11) is 0. The lowest BCUT2D eigenvalue weighted by molar-refractivity contribution is -0.390. The third-order valence-corrected chi connectivity index (χ3v) is 3.94. The van der Waals surface area contributed by atoms with Crippen LogP contribution in [0.25, 0.3) is 0 Å². The molecule has 0 spiro atoms. The van der Waals surface area contributed by atoms with Gasteiger partial charge in [-0.2, -0.15) is 4.68 Å². The highest BCUT2D eigenvalue weighted by atomic mass is 79.9. The summed E-state index contributed by atoms with van der Waals surface area (Å²) in [6, 6.07) is 4.74. The predicted molar refractivity (Wildman–Crippen MR) is 86.3 cm³/mol. The fourth-order valence-corrected chi connectivity index (χ4v) is 2.40. The van der Waals surface area contributed by atoms with Crippen molar-refractivity contribution in [2.75, 3.05) is 5.32 Å². The average molecular weight is 408 g/mol. The lowest BCUT2D eigenvalue weighted by Crippen LogP contribution is -2.14. The number of nitrogens with one attached hydrogen (secondary N) is 1. The number of hydrogen-bond donors (Lipinski definition) is 1. The number of nitrogens with zero attached hydrogens (tertiary/aromatic N) is 3. The zero-order valence-corrected chi connectivity index (χ0v) is 14.0. The maximum Gasteiger partial charge on any atom is 0.404 e. The Morgan fingerprint density at radius 3 is 2.73 bits per heavy atom. The maximum absolute atomic E-state index is 11.8. The predicted octanol–water partition coefficient (Wildman–Crippen LogP) is 3.89. The van der Waals surface area contributed by atoms with Crippen molar-refractivity contribution in [3.05, 3.63) is 49.0 Å². The molecule has 1 heterocycles. The number of aromatic nitrogens is 2. The van der Waals surface area contributed by atoms with Crippen LogP contribution >= 0.6 is 39.1 Å². The molecule has 0 aliphatic carbocycles. The molecule has 0 saturated carbocycles. The van der Waals surface area contributed by atoms with Crippen molar-refractivity contribution in [1.29, 1.82) is 0 Å². The minimum atomic E-state index is -0.601. The number of anilines is 1. The highest BCUT2D eigenvalue weighted by Crippen LogP contribution is 2.25. The van der Waals surface area contributed by atoms with E-state index in [0.29, 0.717) is 15.7 Å². The molecule has 7 nitrogen and oxygen atoms in total. The molecule has 1 N–H and O–H groups in total. The van der Waals surface area contributed by atoms with Crippen LogP contribution in [0.1, 0.15) is 6.42 Å². The van der Waals surface area contributed by atoms with Crippen LogP contribution in [0, 0.1) is 10.1 Å². The first kappa shape index (κ1) is 16.7. The van der Waals surface area contributed by atoms with Gasteiger partial charge in [-0.05, 0) is 39.1 Å². The van der Waals surface area contributed by atoms with Crippen molar-refractivity contribution in [2.45, 2.75) is 13.0 Å². The Bertz CT molecular complexity index is 735. The van der Waals surface area contributed by atoms with Gasteiger partial charge in [-0.1, -0.05) is 23.2 Å². The molecule has 10 heteroatoms. The molecule has 0 fully saturated rings. The van der Waals surface area contributed by atoms with E-state index in [-0.39, 0.29) is 29.2 Å². The van der Waals surface area contributed by atoms with Crippen LogP contribution in [0.3, 0.4) is 0 Å². The number of nitro groups is 1. The van der Waals surface area contributed by atoms with Gasteiger partial charge in [0.1, 0.15) is 4.47 Å². The van der Waals surface area contributed by atoms with Gasteiger partial charge in [-0.3, -0.25) is 4.79 Å². The minimum absolute atomic E-state index is 0.103. The Balaban J connectivity index is 1.94. The smallest absolute Gasteiger partial charge is 0.358 e. The lowest BCUT2D eigenvalue weighted by Gasteiger charge is -2.05. The van der Waals surface area contributed by atoms with Gasteiger partial charge in [0.25, 0.3) is 0 Å². The summed E-state index contributed by atoms with van der Waals surface area (Å²) in [4.78, 5) is 21.9. The van der Waals surface area contributed by atoms with E-state index in [9.17, 15) is 14.9 Å². The average Bonchev–Trinajstić information content (AvgIpc) is 2.82. The van der Waals surface area contributed by atoms with Crippen LogP contribution in [-0.2, 0) is 11.3 Å². The van der Waals surface area contributed by atoms with Gasteiger partial charge < -0.3 is 15.4 Å². The number of carbonyl (C=O) groups is 1. The second-order valence-corrected chi connectivity index (χ2v) is 5.92. The van der Waals surface area contributed by atoms with E-state index in [1.807, 2.05) is 0 Å². The van der Waals surface area contributed by atoms with E-state index < -0.39 is 4.92 Å². The van der Waals surface area contributed by atoms with Gasteiger partial charge in [0.2, 0.25) is 5.91 Å². The molecule has 0 bridgehead atoms. The Labute approximate surface area is 143 Å².